The summed E-state index contributed by atoms with van der Waals surface area (Å²) in [7, 11) is 0. The van der Waals surface area contributed by atoms with E-state index in [-0.39, 0.29) is 18.9 Å². The number of alkyl halides is 2. The van der Waals surface area contributed by atoms with Crippen molar-refractivity contribution >= 4 is 11.7 Å². The van der Waals surface area contributed by atoms with Crippen molar-refractivity contribution in [2.45, 2.75) is 57.3 Å². The van der Waals surface area contributed by atoms with Crippen molar-refractivity contribution in [2.24, 2.45) is 17.4 Å². The van der Waals surface area contributed by atoms with E-state index in [2.05, 4.69) is 5.32 Å². The van der Waals surface area contributed by atoms with Crippen LogP contribution in [0.2, 0.25) is 0 Å². The van der Waals surface area contributed by atoms with Crippen molar-refractivity contribution in [1.82, 2.24) is 5.32 Å². The highest BCUT2D eigenvalue weighted by atomic mass is 19.3. The smallest absolute Gasteiger partial charge is 0.296 e. The van der Waals surface area contributed by atoms with Crippen molar-refractivity contribution < 1.29 is 23.5 Å². The molecule has 26 heavy (non-hydrogen) atoms. The van der Waals surface area contributed by atoms with Crippen LogP contribution in [-0.4, -0.2) is 40.9 Å². The molecule has 1 aromatic rings. The molecule has 0 heterocycles. The highest BCUT2D eigenvalue weighted by molar-refractivity contribution is 6.01. The van der Waals surface area contributed by atoms with Crippen molar-refractivity contribution in [3.8, 4) is 0 Å². The topological polar surface area (TPSA) is 118 Å². The molecule has 146 valence electrons. The lowest BCUT2D eigenvalue weighted by Crippen LogP contribution is -2.59. The van der Waals surface area contributed by atoms with E-state index in [9.17, 15) is 23.5 Å². The fourth-order valence-electron chi connectivity index (χ4n) is 2.48. The Bertz CT molecular complexity index is 597. The van der Waals surface area contributed by atoms with Gasteiger partial charge in [0, 0.05) is 12.6 Å². The third-order valence-electron chi connectivity index (χ3n) is 3.97. The van der Waals surface area contributed by atoms with E-state index in [0.717, 1.165) is 5.56 Å². The summed E-state index contributed by atoms with van der Waals surface area (Å²) in [5.74, 6) is -5.81. The zero-order chi connectivity index (χ0) is 19.9. The summed E-state index contributed by atoms with van der Waals surface area (Å²) in [6.45, 7) is 3.71. The number of hydrogen-bond acceptors (Lipinski definition) is 5. The summed E-state index contributed by atoms with van der Waals surface area (Å²) in [5, 5.41) is 12.3. The maximum atomic E-state index is 14.3. The van der Waals surface area contributed by atoms with E-state index >= 15 is 0 Å². The van der Waals surface area contributed by atoms with Crippen LogP contribution in [0, 0.1) is 5.92 Å². The number of ketones is 1. The quantitative estimate of drug-likeness (QED) is 0.457. The van der Waals surface area contributed by atoms with Crippen molar-refractivity contribution in [2.75, 3.05) is 0 Å². The number of aliphatic hydroxyl groups excluding tert-OH is 1. The van der Waals surface area contributed by atoms with Crippen molar-refractivity contribution in [1.29, 1.82) is 0 Å². The molecule has 3 unspecified atom stereocenters. The van der Waals surface area contributed by atoms with Crippen LogP contribution in [0.4, 0.5) is 8.78 Å². The Balaban J connectivity index is 2.59. The minimum Gasteiger partial charge on any atom is -0.385 e. The fourth-order valence-corrected chi connectivity index (χ4v) is 2.48. The second-order valence-corrected chi connectivity index (χ2v) is 6.80. The predicted molar refractivity (Wildman–Crippen MR) is 94.3 cm³/mol. The van der Waals surface area contributed by atoms with E-state index in [1.807, 2.05) is 6.07 Å². The molecule has 1 amide bonds. The van der Waals surface area contributed by atoms with Gasteiger partial charge in [0.1, 0.15) is 12.1 Å². The summed E-state index contributed by atoms with van der Waals surface area (Å²) < 4.78 is 28.5. The van der Waals surface area contributed by atoms with Gasteiger partial charge < -0.3 is 21.9 Å². The minimum absolute atomic E-state index is 0.00820. The molecule has 6 nitrogen and oxygen atoms in total. The SMILES string of the molecule is CC(C)CC(N)C(O)C(F)(F)C(N)C(=O)CC(=O)NCc1ccccc1. The zero-order valence-electron chi connectivity index (χ0n) is 15.0. The molecule has 0 aliphatic rings. The van der Waals surface area contributed by atoms with Crippen LogP contribution in [-0.2, 0) is 16.1 Å². The van der Waals surface area contributed by atoms with Crippen molar-refractivity contribution in [3.05, 3.63) is 35.9 Å². The van der Waals surface area contributed by atoms with Crippen LogP contribution < -0.4 is 16.8 Å². The highest BCUT2D eigenvalue weighted by Gasteiger charge is 2.50. The molecule has 0 aliphatic heterocycles. The van der Waals surface area contributed by atoms with Crippen LogP contribution in [0.1, 0.15) is 32.3 Å². The number of carbonyl (C=O) groups excluding carboxylic acids is 2. The lowest BCUT2D eigenvalue weighted by atomic mass is 9.91. The first-order chi connectivity index (χ1) is 12.1. The van der Waals surface area contributed by atoms with Gasteiger partial charge >= 0.3 is 0 Å². The largest absolute Gasteiger partial charge is 0.385 e. The normalized spacial score (nSPS) is 15.4. The van der Waals surface area contributed by atoms with Gasteiger partial charge in [-0.25, -0.2) is 8.78 Å². The number of aliphatic hydroxyl groups is 1. The Morgan fingerprint density at radius 3 is 2.31 bits per heavy atom. The number of nitrogens with one attached hydrogen (secondary N) is 1. The average molecular weight is 371 g/mol. The first kappa shape index (κ1) is 22.1. The Labute approximate surface area is 151 Å². The maximum absolute atomic E-state index is 14.3. The van der Waals surface area contributed by atoms with Gasteiger partial charge in [-0.05, 0) is 17.9 Å². The molecule has 6 N–H and O–H groups in total. The molecule has 0 radical (unpaired) electrons. The van der Waals surface area contributed by atoms with E-state index in [1.165, 1.54) is 0 Å². The number of carbonyl (C=O) groups is 2. The van der Waals surface area contributed by atoms with Crippen LogP contribution in [0.25, 0.3) is 0 Å². The molecule has 0 saturated carbocycles. The molecule has 0 saturated heterocycles. The lowest BCUT2D eigenvalue weighted by molar-refractivity contribution is -0.153. The molecule has 0 aromatic heterocycles. The van der Waals surface area contributed by atoms with Gasteiger partial charge in [0.15, 0.2) is 5.78 Å². The third-order valence-corrected chi connectivity index (χ3v) is 3.97. The summed E-state index contributed by atoms with van der Waals surface area (Å²) in [4.78, 5) is 23.7. The van der Waals surface area contributed by atoms with E-state index < -0.39 is 42.2 Å². The number of halogens is 2. The molecule has 0 spiro atoms. The molecular formula is C18H27F2N3O3. The zero-order valence-corrected chi connectivity index (χ0v) is 15.0. The van der Waals surface area contributed by atoms with Crippen LogP contribution in [0.3, 0.4) is 0 Å². The van der Waals surface area contributed by atoms with Gasteiger partial charge in [0.2, 0.25) is 5.91 Å². The Kier molecular flexibility index (Phi) is 8.26. The number of hydrogen-bond donors (Lipinski definition) is 4. The van der Waals surface area contributed by atoms with Gasteiger partial charge in [0.25, 0.3) is 5.92 Å². The van der Waals surface area contributed by atoms with E-state index in [4.69, 9.17) is 11.5 Å². The third kappa shape index (κ3) is 6.44. The first-order valence-corrected chi connectivity index (χ1v) is 8.46. The minimum atomic E-state index is -3.93. The number of nitrogens with two attached hydrogens (primary N) is 2. The first-order valence-electron chi connectivity index (χ1n) is 8.46. The number of amides is 1. The number of Topliss-reactive ketones (excluding diaryl/α,β-unsaturated/α-hetero) is 1. The van der Waals surface area contributed by atoms with Gasteiger partial charge in [-0.15, -0.1) is 0 Å². The van der Waals surface area contributed by atoms with Crippen LogP contribution in [0.15, 0.2) is 30.3 Å². The maximum Gasteiger partial charge on any atom is 0.296 e. The highest BCUT2D eigenvalue weighted by Crippen LogP contribution is 2.27. The predicted octanol–water partition coefficient (Wildman–Crippen LogP) is 0.959. The number of rotatable bonds is 10. The number of benzene rings is 1. The lowest BCUT2D eigenvalue weighted by Gasteiger charge is -2.31. The molecular weight excluding hydrogens is 344 g/mol. The monoisotopic (exact) mass is 371 g/mol. The van der Waals surface area contributed by atoms with Gasteiger partial charge in [-0.3, -0.25) is 9.59 Å². The Morgan fingerprint density at radius 2 is 1.77 bits per heavy atom. The average Bonchev–Trinajstić information content (AvgIpc) is 2.58. The summed E-state index contributed by atoms with van der Waals surface area (Å²) in [5.41, 5.74) is 11.7. The molecule has 0 aliphatic carbocycles. The Hall–Kier alpha value is -1.90. The summed E-state index contributed by atoms with van der Waals surface area (Å²) in [6.07, 6.45) is -2.92. The molecule has 0 bridgehead atoms. The molecule has 1 aromatic carbocycles. The molecule has 0 fully saturated rings. The Morgan fingerprint density at radius 1 is 1.19 bits per heavy atom. The van der Waals surface area contributed by atoms with Crippen molar-refractivity contribution in [3.63, 3.8) is 0 Å². The summed E-state index contributed by atoms with van der Waals surface area (Å²) >= 11 is 0. The van der Waals surface area contributed by atoms with Crippen LogP contribution >= 0.6 is 0 Å². The molecule has 8 heteroatoms. The molecule has 3 atom stereocenters. The second kappa shape index (κ2) is 9.70. The van der Waals surface area contributed by atoms with E-state index in [1.54, 1.807) is 38.1 Å². The van der Waals surface area contributed by atoms with E-state index in [0.29, 0.717) is 0 Å². The van der Waals surface area contributed by atoms with Crippen LogP contribution in [0.5, 0.6) is 0 Å². The van der Waals surface area contributed by atoms with Gasteiger partial charge in [0.05, 0.1) is 6.42 Å². The summed E-state index contributed by atoms with van der Waals surface area (Å²) in [6, 6.07) is 5.39. The molecule has 1 rings (SSSR count). The standard InChI is InChI=1S/C18H27F2N3O3/c1-11(2)8-13(21)17(26)18(19,20)16(22)14(24)9-15(25)23-10-12-6-4-3-5-7-12/h3-7,11,13,16-17,26H,8-10,21-22H2,1-2H3,(H,23,25). The second-order valence-electron chi connectivity index (χ2n) is 6.80. The fraction of sp³-hybridized carbons (Fsp3) is 0.556. The van der Waals surface area contributed by atoms with Gasteiger partial charge in [-0.2, -0.15) is 0 Å². The van der Waals surface area contributed by atoms with Gasteiger partial charge in [-0.1, -0.05) is 44.2 Å².